The third-order valence-corrected chi connectivity index (χ3v) is 7.10. The molecule has 2 aliphatic carbocycles. The van der Waals surface area contributed by atoms with Crippen LogP contribution in [0, 0.1) is 17.8 Å². The Balaban J connectivity index is 1.85. The molecule has 0 aromatic heterocycles. The van der Waals surface area contributed by atoms with Crippen LogP contribution < -0.4 is 0 Å². The van der Waals surface area contributed by atoms with Crippen molar-refractivity contribution in [3.63, 3.8) is 0 Å². The monoisotopic (exact) mass is 427 g/mol. The Morgan fingerprint density at radius 3 is 2.26 bits per heavy atom. The molecule has 142 valence electrons. The number of carbonyl (C=O) groups excluding carboxylic acids is 2. The lowest BCUT2D eigenvalue weighted by molar-refractivity contribution is -0.123. The van der Waals surface area contributed by atoms with E-state index in [0.717, 1.165) is 52.7 Å². The van der Waals surface area contributed by atoms with Crippen LogP contribution in [0.15, 0.2) is 45.0 Å². The molecule has 0 radical (unpaired) electrons. The number of rotatable bonds is 3. The van der Waals surface area contributed by atoms with Crippen molar-refractivity contribution in [1.29, 1.82) is 0 Å². The van der Waals surface area contributed by atoms with E-state index in [4.69, 9.17) is 4.99 Å². The van der Waals surface area contributed by atoms with Crippen LogP contribution in [0.5, 0.6) is 0 Å². The molecule has 3 aliphatic rings. The highest BCUT2D eigenvalue weighted by molar-refractivity contribution is 9.10. The highest BCUT2D eigenvalue weighted by Crippen LogP contribution is 2.48. The molecular weight excluding hydrogens is 402 g/mol. The van der Waals surface area contributed by atoms with Crippen LogP contribution in [-0.2, 0) is 9.59 Å². The van der Waals surface area contributed by atoms with Crippen LogP contribution >= 0.6 is 15.9 Å². The number of Topliss-reactive ketones (excluding diaryl/α,β-unsaturated/α-hetero) is 2. The third kappa shape index (κ3) is 3.37. The molecule has 1 fully saturated rings. The molecule has 1 aliphatic heterocycles. The minimum absolute atomic E-state index is 0.156. The summed E-state index contributed by atoms with van der Waals surface area (Å²) < 4.78 is 1.01. The Hall–Kier alpha value is -1.55. The fraction of sp³-hybridized carbons (Fsp3) is 0.522. The van der Waals surface area contributed by atoms with E-state index in [1.54, 1.807) is 0 Å². The Labute approximate surface area is 169 Å². The average molecular weight is 428 g/mol. The standard InChI is InChI=1S/C23H26BrNO2/c1-3-13-9-17-22(19(26)11-13)21(15-5-7-16(24)8-6-15)23-18(25-17)10-14(4-2)12-20(23)27/h5-8,13-14,21-22H,3-4,9-12H2,1-2H3. The summed E-state index contributed by atoms with van der Waals surface area (Å²) in [7, 11) is 0. The second-order valence-corrected chi connectivity index (χ2v) is 9.14. The molecule has 1 heterocycles. The fourth-order valence-electron chi connectivity index (χ4n) is 4.98. The highest BCUT2D eigenvalue weighted by atomic mass is 79.9. The number of allylic oxidation sites excluding steroid dienone is 2. The molecule has 0 bridgehead atoms. The molecular formula is C23H26BrNO2. The van der Waals surface area contributed by atoms with Gasteiger partial charge in [0.1, 0.15) is 5.78 Å². The molecule has 0 saturated heterocycles. The van der Waals surface area contributed by atoms with Crippen LogP contribution in [-0.4, -0.2) is 17.3 Å². The lowest BCUT2D eigenvalue weighted by Gasteiger charge is -2.40. The first kappa shape index (κ1) is 18.8. The number of aliphatic imine (C=N–C) groups is 1. The molecule has 1 aromatic carbocycles. The fourth-order valence-corrected chi connectivity index (χ4v) is 5.24. The zero-order valence-corrected chi connectivity index (χ0v) is 17.6. The molecule has 4 heteroatoms. The zero-order chi connectivity index (χ0) is 19.1. The first-order valence-electron chi connectivity index (χ1n) is 10.1. The van der Waals surface area contributed by atoms with Crippen LogP contribution in [0.3, 0.4) is 0 Å². The number of hydrogen-bond acceptors (Lipinski definition) is 3. The largest absolute Gasteiger partial charge is 0.299 e. The number of benzene rings is 1. The average Bonchev–Trinajstić information content (AvgIpc) is 2.66. The molecule has 0 amide bonds. The van der Waals surface area contributed by atoms with Gasteiger partial charge in [-0.3, -0.25) is 14.6 Å². The lowest BCUT2D eigenvalue weighted by Crippen LogP contribution is -2.42. The topological polar surface area (TPSA) is 46.5 Å². The molecule has 27 heavy (non-hydrogen) atoms. The predicted molar refractivity (Wildman–Crippen MR) is 111 cm³/mol. The van der Waals surface area contributed by atoms with Gasteiger partial charge in [0.05, 0.1) is 5.92 Å². The Morgan fingerprint density at radius 2 is 1.59 bits per heavy atom. The predicted octanol–water partition coefficient (Wildman–Crippen LogP) is 5.64. The number of ketones is 2. The maximum absolute atomic E-state index is 13.1. The minimum Gasteiger partial charge on any atom is -0.299 e. The molecule has 3 nitrogen and oxygen atoms in total. The van der Waals surface area contributed by atoms with Gasteiger partial charge in [0.2, 0.25) is 0 Å². The van der Waals surface area contributed by atoms with Crippen LogP contribution in [0.1, 0.15) is 63.9 Å². The minimum atomic E-state index is -0.255. The Bertz CT molecular complexity index is 836. The number of hydrogen-bond donors (Lipinski definition) is 0. The summed E-state index contributed by atoms with van der Waals surface area (Å²) in [5.74, 6) is 0.817. The third-order valence-electron chi connectivity index (χ3n) is 6.57. The van der Waals surface area contributed by atoms with E-state index in [0.29, 0.717) is 24.7 Å². The van der Waals surface area contributed by atoms with Gasteiger partial charge in [-0.15, -0.1) is 0 Å². The lowest BCUT2D eigenvalue weighted by atomic mass is 9.64. The number of fused-ring (bicyclic) bond motifs is 1. The van der Waals surface area contributed by atoms with Crippen molar-refractivity contribution in [2.24, 2.45) is 22.7 Å². The van der Waals surface area contributed by atoms with E-state index in [1.807, 2.05) is 12.1 Å². The molecule has 0 spiro atoms. The first-order chi connectivity index (χ1) is 13.0. The normalized spacial score (nSPS) is 30.7. The Morgan fingerprint density at radius 1 is 0.926 bits per heavy atom. The summed E-state index contributed by atoms with van der Waals surface area (Å²) >= 11 is 3.50. The number of halogens is 1. The van der Waals surface area contributed by atoms with Gasteiger partial charge in [0.15, 0.2) is 5.78 Å². The van der Waals surface area contributed by atoms with Gasteiger partial charge >= 0.3 is 0 Å². The van der Waals surface area contributed by atoms with Crippen molar-refractivity contribution in [1.82, 2.24) is 0 Å². The Kier molecular flexibility index (Phi) is 5.19. The van der Waals surface area contributed by atoms with E-state index in [1.165, 1.54) is 0 Å². The van der Waals surface area contributed by atoms with Gasteiger partial charge in [-0.05, 0) is 42.4 Å². The molecule has 1 saturated carbocycles. The zero-order valence-electron chi connectivity index (χ0n) is 16.0. The summed E-state index contributed by atoms with van der Waals surface area (Å²) in [6, 6.07) is 8.12. The van der Waals surface area contributed by atoms with Crippen molar-refractivity contribution >= 4 is 33.2 Å². The molecule has 4 unspecified atom stereocenters. The highest BCUT2D eigenvalue weighted by Gasteiger charge is 2.46. The van der Waals surface area contributed by atoms with Crippen molar-refractivity contribution in [3.05, 3.63) is 45.6 Å². The number of carbonyl (C=O) groups is 2. The summed E-state index contributed by atoms with van der Waals surface area (Å²) in [6.45, 7) is 4.29. The van der Waals surface area contributed by atoms with Crippen LogP contribution in [0.4, 0.5) is 0 Å². The summed E-state index contributed by atoms with van der Waals surface area (Å²) in [5, 5.41) is 0. The first-order valence-corrected chi connectivity index (χ1v) is 10.9. The SMILES string of the molecule is CCC1CC(=O)C2C(=NC3=C(C(=O)CC(CC)C3)C2c2ccc(Br)cc2)C1. The second-order valence-electron chi connectivity index (χ2n) is 8.22. The smallest absolute Gasteiger partial charge is 0.161 e. The van der Waals surface area contributed by atoms with E-state index in [9.17, 15) is 9.59 Å². The molecule has 0 N–H and O–H groups in total. The summed E-state index contributed by atoms with van der Waals surface area (Å²) in [4.78, 5) is 31.2. The molecule has 4 rings (SSSR count). The van der Waals surface area contributed by atoms with Crippen molar-refractivity contribution in [3.8, 4) is 0 Å². The van der Waals surface area contributed by atoms with Gasteiger partial charge in [0, 0.05) is 40.2 Å². The molecule has 4 atom stereocenters. The van der Waals surface area contributed by atoms with Crippen LogP contribution in [0.25, 0.3) is 0 Å². The quantitative estimate of drug-likeness (QED) is 0.626. The molecule has 1 aromatic rings. The van der Waals surface area contributed by atoms with Gasteiger partial charge in [-0.2, -0.15) is 0 Å². The van der Waals surface area contributed by atoms with Gasteiger partial charge in [-0.1, -0.05) is 54.8 Å². The second kappa shape index (κ2) is 7.46. The summed E-state index contributed by atoms with van der Waals surface area (Å²) in [6.07, 6.45) is 4.96. The van der Waals surface area contributed by atoms with Crippen molar-refractivity contribution in [2.75, 3.05) is 0 Å². The van der Waals surface area contributed by atoms with E-state index in [-0.39, 0.29) is 23.4 Å². The maximum atomic E-state index is 13.1. The van der Waals surface area contributed by atoms with Gasteiger partial charge in [0.25, 0.3) is 0 Å². The van der Waals surface area contributed by atoms with Gasteiger partial charge in [-0.25, -0.2) is 0 Å². The van der Waals surface area contributed by atoms with Crippen molar-refractivity contribution in [2.45, 2.75) is 58.3 Å². The maximum Gasteiger partial charge on any atom is 0.161 e. The van der Waals surface area contributed by atoms with E-state index >= 15 is 0 Å². The van der Waals surface area contributed by atoms with Crippen molar-refractivity contribution < 1.29 is 9.59 Å². The summed E-state index contributed by atoms with van der Waals surface area (Å²) in [5.41, 5.74) is 3.87. The van der Waals surface area contributed by atoms with E-state index in [2.05, 4.69) is 41.9 Å². The number of nitrogens with zero attached hydrogens (tertiary/aromatic N) is 1. The van der Waals surface area contributed by atoms with Gasteiger partial charge < -0.3 is 0 Å². The van der Waals surface area contributed by atoms with E-state index < -0.39 is 0 Å². The van der Waals surface area contributed by atoms with Crippen LogP contribution in [0.2, 0.25) is 0 Å².